The lowest BCUT2D eigenvalue weighted by molar-refractivity contribution is -0.00701. The zero-order chi connectivity index (χ0) is 23.5. The summed E-state index contributed by atoms with van der Waals surface area (Å²) in [7, 11) is -4.30. The topological polar surface area (TPSA) is 78.8 Å². The zero-order valence-corrected chi connectivity index (χ0v) is 18.6. The zero-order valence-electron chi connectivity index (χ0n) is 17.7. The van der Waals surface area contributed by atoms with Crippen molar-refractivity contribution in [2.24, 2.45) is 17.8 Å². The van der Waals surface area contributed by atoms with E-state index < -0.39 is 59.4 Å². The largest absolute Gasteiger partial charge is 0.479 e. The first-order valence-corrected chi connectivity index (χ1v) is 12.8. The molecule has 4 aliphatic carbocycles. The van der Waals surface area contributed by atoms with Gasteiger partial charge in [0.25, 0.3) is 0 Å². The Balaban J connectivity index is 1.47. The summed E-state index contributed by atoms with van der Waals surface area (Å²) < 4.78 is 75.9. The van der Waals surface area contributed by atoms with Crippen molar-refractivity contribution in [3.63, 3.8) is 0 Å². The molecule has 10 heteroatoms. The summed E-state index contributed by atoms with van der Waals surface area (Å²) in [5, 5.41) is 9.67. The molecule has 2 aromatic carbocycles. The normalized spacial score (nSPS) is 29.8. The average molecular weight is 485 g/mol. The van der Waals surface area contributed by atoms with Crippen LogP contribution in [0.5, 0.6) is 5.75 Å². The average Bonchev–Trinajstić information content (AvgIpc) is 2.76. The summed E-state index contributed by atoms with van der Waals surface area (Å²) in [6.07, 6.45) is 4.94. The molecule has 5 nitrogen and oxygen atoms in total. The molecular weight excluding hydrogens is 461 g/mol. The van der Waals surface area contributed by atoms with Crippen LogP contribution in [0.1, 0.15) is 44.1 Å². The van der Waals surface area contributed by atoms with Crippen molar-refractivity contribution in [3.8, 4) is 16.9 Å². The van der Waals surface area contributed by atoms with Crippen molar-refractivity contribution in [1.29, 1.82) is 0 Å². The molecule has 4 fully saturated rings. The van der Waals surface area contributed by atoms with Gasteiger partial charge < -0.3 is 14.8 Å². The lowest BCUT2D eigenvalue weighted by Crippen LogP contribution is -2.49. The smallest absolute Gasteiger partial charge is 0.326 e. The van der Waals surface area contributed by atoms with Gasteiger partial charge in [-0.2, -0.15) is 4.39 Å². The second-order valence-corrected chi connectivity index (χ2v) is 11.7. The molecule has 4 saturated carbocycles. The van der Waals surface area contributed by atoms with Gasteiger partial charge in [0.15, 0.2) is 29.5 Å². The van der Waals surface area contributed by atoms with Crippen molar-refractivity contribution in [2.75, 3.05) is 6.35 Å². The maximum atomic E-state index is 15.4. The first-order chi connectivity index (χ1) is 15.6. The highest BCUT2D eigenvalue weighted by molar-refractivity contribution is 7.55. The van der Waals surface area contributed by atoms with Gasteiger partial charge in [-0.3, -0.25) is 4.57 Å². The third-order valence-electron chi connectivity index (χ3n) is 7.58. The Morgan fingerprint density at radius 3 is 1.94 bits per heavy atom. The van der Waals surface area contributed by atoms with Gasteiger partial charge in [-0.25, -0.2) is 13.2 Å². The standard InChI is InChI=1S/C23H24F4NO4P/c24-19-15(16-2-4-18(22(27)20(16)25)32-11-33(30,31)28-29)1-3-17(21(19)26)23-8-12-5-13(9-23)7-14(6-12)10-23/h1-4,12-14,29H,5-11H2,(H2,28,30,31). The van der Waals surface area contributed by atoms with Crippen molar-refractivity contribution < 1.29 is 37.0 Å². The summed E-state index contributed by atoms with van der Waals surface area (Å²) in [5.74, 6) is -4.32. The Labute approximate surface area is 188 Å². The summed E-state index contributed by atoms with van der Waals surface area (Å²) in [6, 6.07) is 4.78. The number of benzene rings is 2. The molecule has 0 heterocycles. The molecule has 178 valence electrons. The van der Waals surface area contributed by atoms with Crippen LogP contribution in [0.25, 0.3) is 11.1 Å². The van der Waals surface area contributed by atoms with E-state index in [0.29, 0.717) is 23.3 Å². The maximum Gasteiger partial charge on any atom is 0.326 e. The van der Waals surface area contributed by atoms with Gasteiger partial charge in [-0.1, -0.05) is 12.1 Å². The molecule has 0 aliphatic heterocycles. The third-order valence-corrected chi connectivity index (χ3v) is 8.37. The minimum Gasteiger partial charge on any atom is -0.479 e. The maximum absolute atomic E-state index is 15.4. The molecule has 6 rings (SSSR count). The molecule has 4 bridgehead atoms. The fourth-order valence-electron chi connectivity index (χ4n) is 6.64. The van der Waals surface area contributed by atoms with E-state index in [1.54, 1.807) is 0 Å². The Kier molecular flexibility index (Phi) is 5.59. The van der Waals surface area contributed by atoms with Crippen LogP contribution in [0.4, 0.5) is 17.6 Å². The van der Waals surface area contributed by atoms with Crippen LogP contribution in [-0.4, -0.2) is 16.4 Å². The first kappa shape index (κ1) is 22.8. The van der Waals surface area contributed by atoms with E-state index in [2.05, 4.69) is 0 Å². The number of halogens is 4. The molecule has 33 heavy (non-hydrogen) atoms. The number of ether oxygens (including phenoxy) is 1. The van der Waals surface area contributed by atoms with E-state index in [0.717, 1.165) is 55.9 Å². The van der Waals surface area contributed by atoms with Crippen LogP contribution in [0.3, 0.4) is 0 Å². The van der Waals surface area contributed by atoms with Crippen LogP contribution >= 0.6 is 7.52 Å². The molecule has 0 aromatic heterocycles. The van der Waals surface area contributed by atoms with Gasteiger partial charge >= 0.3 is 7.52 Å². The lowest BCUT2D eigenvalue weighted by Gasteiger charge is -2.57. The van der Waals surface area contributed by atoms with Gasteiger partial charge in [0.05, 0.1) is 0 Å². The second-order valence-electron chi connectivity index (χ2n) is 9.80. The van der Waals surface area contributed by atoms with Gasteiger partial charge in [0.1, 0.15) is 0 Å². The van der Waals surface area contributed by atoms with Gasteiger partial charge in [-0.15, -0.1) is 5.25 Å². The van der Waals surface area contributed by atoms with Crippen LogP contribution < -0.4 is 9.99 Å². The number of hydrogen-bond donors (Lipinski definition) is 3. The Morgan fingerprint density at radius 2 is 1.39 bits per heavy atom. The lowest BCUT2D eigenvalue weighted by atomic mass is 9.48. The summed E-state index contributed by atoms with van der Waals surface area (Å²) in [5.41, 5.74) is -0.952. The summed E-state index contributed by atoms with van der Waals surface area (Å²) in [6.45, 7) is 0. The van der Waals surface area contributed by atoms with E-state index >= 15 is 8.78 Å². The van der Waals surface area contributed by atoms with Crippen LogP contribution in [0.15, 0.2) is 24.3 Å². The number of hydrogen-bond acceptors (Lipinski definition) is 3. The molecular formula is C23H24F4NO4P. The first-order valence-electron chi connectivity index (χ1n) is 11.0. The van der Waals surface area contributed by atoms with Gasteiger partial charge in [-0.05, 0) is 79.4 Å². The van der Waals surface area contributed by atoms with Gasteiger partial charge in [0, 0.05) is 11.1 Å². The van der Waals surface area contributed by atoms with Crippen LogP contribution in [0.2, 0.25) is 0 Å². The monoisotopic (exact) mass is 485 g/mol. The molecule has 4 aliphatic rings. The minimum atomic E-state index is -4.30. The fraction of sp³-hybridized carbons (Fsp3) is 0.478. The number of rotatable bonds is 6. The second kappa shape index (κ2) is 8.08. The summed E-state index contributed by atoms with van der Waals surface area (Å²) in [4.78, 5) is 9.22. The molecule has 0 saturated heterocycles. The third kappa shape index (κ3) is 3.89. The highest BCUT2D eigenvalue weighted by Crippen LogP contribution is 2.61. The van der Waals surface area contributed by atoms with Crippen molar-refractivity contribution in [3.05, 3.63) is 53.1 Å². The van der Waals surface area contributed by atoms with Crippen LogP contribution in [-0.2, 0) is 9.98 Å². The van der Waals surface area contributed by atoms with Crippen molar-refractivity contribution in [2.45, 2.75) is 43.9 Å². The van der Waals surface area contributed by atoms with Gasteiger partial charge in [0.2, 0.25) is 5.82 Å². The Morgan fingerprint density at radius 1 is 0.879 bits per heavy atom. The van der Waals surface area contributed by atoms with E-state index in [4.69, 9.17) is 9.94 Å². The predicted molar refractivity (Wildman–Crippen MR) is 112 cm³/mol. The molecule has 0 amide bonds. The summed E-state index contributed by atoms with van der Waals surface area (Å²) >= 11 is 0. The Hall–Kier alpha value is -1.93. The fourth-order valence-corrected chi connectivity index (χ4v) is 7.02. The number of nitrogens with one attached hydrogen (secondary N) is 1. The molecule has 0 radical (unpaired) electrons. The van der Waals surface area contributed by atoms with Crippen LogP contribution in [0, 0.1) is 41.0 Å². The van der Waals surface area contributed by atoms with Crippen molar-refractivity contribution in [1.82, 2.24) is 5.25 Å². The van der Waals surface area contributed by atoms with E-state index in [1.165, 1.54) is 12.1 Å². The molecule has 1 unspecified atom stereocenters. The molecule has 1 atom stereocenters. The van der Waals surface area contributed by atoms with E-state index in [1.807, 2.05) is 0 Å². The SMILES string of the molecule is O=P(O)(COc1ccc(-c2ccc(C34CC5CC(CC(C5)C3)C4)c(F)c2F)c(F)c1F)NO. The Bertz CT molecular complexity index is 1120. The highest BCUT2D eigenvalue weighted by Gasteiger charge is 2.52. The quantitative estimate of drug-likeness (QED) is 0.271. The predicted octanol–water partition coefficient (Wildman–Crippen LogP) is 5.88. The van der Waals surface area contributed by atoms with E-state index in [9.17, 15) is 18.2 Å². The molecule has 3 N–H and O–H groups in total. The molecule has 0 spiro atoms. The molecule has 2 aromatic rings. The van der Waals surface area contributed by atoms with Crippen molar-refractivity contribution >= 4 is 7.52 Å². The van der Waals surface area contributed by atoms with E-state index in [-0.39, 0.29) is 0 Å². The highest BCUT2D eigenvalue weighted by atomic mass is 31.2. The minimum absolute atomic E-state index is 0.332.